The van der Waals surface area contributed by atoms with E-state index in [0.29, 0.717) is 17.8 Å². The lowest BCUT2D eigenvalue weighted by Gasteiger charge is -2.64. The number of fused-ring (bicyclic) bond motifs is 4. The van der Waals surface area contributed by atoms with E-state index in [1.807, 2.05) is 0 Å². The third kappa shape index (κ3) is 3.47. The summed E-state index contributed by atoms with van der Waals surface area (Å²) in [6, 6.07) is 0. The van der Waals surface area contributed by atoms with Crippen LogP contribution in [-0.2, 0) is 0 Å². The van der Waals surface area contributed by atoms with Crippen molar-refractivity contribution in [1.29, 1.82) is 0 Å². The van der Waals surface area contributed by atoms with Gasteiger partial charge in [-0.05, 0) is 118 Å². The number of allylic oxidation sites excluding steroid dienone is 3. The van der Waals surface area contributed by atoms with Crippen LogP contribution in [0.5, 0.6) is 0 Å². The monoisotopic (exact) mass is 456 g/mol. The van der Waals surface area contributed by atoms with Gasteiger partial charge >= 0.3 is 0 Å². The van der Waals surface area contributed by atoms with Gasteiger partial charge in [0.1, 0.15) is 0 Å². The molecule has 0 aromatic carbocycles. The first-order valence-electron chi connectivity index (χ1n) is 13.9. The molecule has 33 heavy (non-hydrogen) atoms. The van der Waals surface area contributed by atoms with Crippen LogP contribution < -0.4 is 0 Å². The fourth-order valence-corrected chi connectivity index (χ4v) is 9.52. The maximum atomic E-state index is 11.3. The van der Waals surface area contributed by atoms with Gasteiger partial charge in [0.05, 0.1) is 11.7 Å². The van der Waals surface area contributed by atoms with E-state index in [-0.39, 0.29) is 27.8 Å². The molecular weight excluding hydrogens is 404 g/mol. The van der Waals surface area contributed by atoms with Gasteiger partial charge in [-0.2, -0.15) is 0 Å². The van der Waals surface area contributed by atoms with Gasteiger partial charge < -0.3 is 10.2 Å². The Hall–Kier alpha value is -0.600. The second kappa shape index (κ2) is 7.95. The van der Waals surface area contributed by atoms with Crippen molar-refractivity contribution >= 4 is 0 Å². The molecule has 4 aliphatic rings. The van der Waals surface area contributed by atoms with Gasteiger partial charge in [-0.3, -0.25) is 0 Å². The third-order valence-electron chi connectivity index (χ3n) is 12.5. The average Bonchev–Trinajstić information content (AvgIpc) is 3.00. The highest BCUT2D eigenvalue weighted by atomic mass is 16.3. The Morgan fingerprint density at radius 1 is 0.939 bits per heavy atom. The van der Waals surface area contributed by atoms with Crippen LogP contribution in [-0.4, -0.2) is 21.9 Å². The number of hydrogen-bond acceptors (Lipinski definition) is 2. The van der Waals surface area contributed by atoms with Gasteiger partial charge in [0.2, 0.25) is 0 Å². The molecule has 0 heterocycles. The second-order valence-electron chi connectivity index (χ2n) is 14.3. The topological polar surface area (TPSA) is 40.5 Å². The fraction of sp³-hybridized carbons (Fsp3) is 0.871. The fourth-order valence-electron chi connectivity index (χ4n) is 9.52. The molecule has 0 spiro atoms. The minimum atomic E-state index is -0.572. The molecular formula is C31H52O2. The molecule has 0 aromatic heterocycles. The molecule has 0 bridgehead atoms. The number of rotatable bonds is 4. The SMILES string of the molecule is CC(C)=CC[C@H](O)[C@@H](C)[C@H]1CC[C@@]2(C)C3=C(CC[C@]12C)[C@@]1(C)CC[C@@](C)(O)C(C)(C)[C@@H]1CC3. The van der Waals surface area contributed by atoms with Crippen LogP contribution in [0.15, 0.2) is 22.8 Å². The summed E-state index contributed by atoms with van der Waals surface area (Å²) in [7, 11) is 0. The molecule has 0 unspecified atom stereocenters. The maximum absolute atomic E-state index is 11.3. The summed E-state index contributed by atoms with van der Waals surface area (Å²) in [4.78, 5) is 0. The first-order chi connectivity index (χ1) is 15.1. The van der Waals surface area contributed by atoms with Crippen LogP contribution in [0.4, 0.5) is 0 Å². The average molecular weight is 457 g/mol. The maximum Gasteiger partial charge on any atom is 0.0673 e. The molecule has 2 fully saturated rings. The van der Waals surface area contributed by atoms with Gasteiger partial charge in [0, 0.05) is 0 Å². The zero-order chi connectivity index (χ0) is 24.6. The third-order valence-corrected chi connectivity index (χ3v) is 12.5. The summed E-state index contributed by atoms with van der Waals surface area (Å²) < 4.78 is 0. The van der Waals surface area contributed by atoms with Crippen LogP contribution in [0.1, 0.15) is 120 Å². The van der Waals surface area contributed by atoms with Crippen molar-refractivity contribution in [2.24, 2.45) is 39.4 Å². The van der Waals surface area contributed by atoms with Crippen LogP contribution in [0.2, 0.25) is 0 Å². The largest absolute Gasteiger partial charge is 0.393 e. The molecule has 4 aliphatic carbocycles. The molecule has 4 rings (SSSR count). The molecule has 8 atom stereocenters. The second-order valence-corrected chi connectivity index (χ2v) is 14.3. The minimum Gasteiger partial charge on any atom is -0.393 e. The van der Waals surface area contributed by atoms with Crippen molar-refractivity contribution < 1.29 is 10.2 Å². The van der Waals surface area contributed by atoms with Gasteiger partial charge in [-0.1, -0.05) is 64.3 Å². The van der Waals surface area contributed by atoms with E-state index in [1.165, 1.54) is 44.1 Å². The molecule has 188 valence electrons. The van der Waals surface area contributed by atoms with E-state index >= 15 is 0 Å². The lowest BCUT2D eigenvalue weighted by molar-refractivity contribution is -0.158. The molecule has 2 nitrogen and oxygen atoms in total. The Labute approximate surface area is 204 Å². The van der Waals surface area contributed by atoms with E-state index in [0.717, 1.165) is 19.3 Å². The van der Waals surface area contributed by atoms with E-state index in [2.05, 4.69) is 68.4 Å². The van der Waals surface area contributed by atoms with Crippen molar-refractivity contribution in [2.75, 3.05) is 0 Å². The summed E-state index contributed by atoms with van der Waals surface area (Å²) in [6.07, 6.45) is 12.2. The van der Waals surface area contributed by atoms with Crippen LogP contribution in [0.3, 0.4) is 0 Å². The number of aliphatic hydroxyl groups excluding tert-OH is 1. The van der Waals surface area contributed by atoms with E-state index in [4.69, 9.17) is 0 Å². The Bertz CT molecular complexity index is 843. The highest BCUT2D eigenvalue weighted by molar-refractivity contribution is 5.39. The van der Waals surface area contributed by atoms with Crippen molar-refractivity contribution in [3.8, 4) is 0 Å². The highest BCUT2D eigenvalue weighted by Gasteiger charge is 2.64. The Morgan fingerprint density at radius 3 is 2.24 bits per heavy atom. The van der Waals surface area contributed by atoms with Crippen LogP contribution in [0.25, 0.3) is 0 Å². The number of hydrogen-bond donors (Lipinski definition) is 2. The quantitative estimate of drug-likeness (QED) is 0.423. The minimum absolute atomic E-state index is 0.0536. The normalized spacial score (nSPS) is 46.2. The Balaban J connectivity index is 1.68. The van der Waals surface area contributed by atoms with Gasteiger partial charge in [0.25, 0.3) is 0 Å². The Morgan fingerprint density at radius 2 is 1.61 bits per heavy atom. The zero-order valence-electron chi connectivity index (χ0n) is 23.1. The van der Waals surface area contributed by atoms with Crippen molar-refractivity contribution in [3.05, 3.63) is 22.8 Å². The standard InChI is InChI=1S/C31H52O2/c1-20(2)10-12-25(32)21(3)22-14-16-30(8)24-11-13-26-27(4,5)31(9,33)19-18-28(26,6)23(24)15-17-29(22,30)7/h10,21-22,25-26,32-33H,11-19H2,1-9H3/t21-,22+,25-,26-,28+,29+,30-,31+/m0/s1. The Kier molecular flexibility index (Phi) is 6.14. The van der Waals surface area contributed by atoms with Crippen LogP contribution >= 0.6 is 0 Å². The van der Waals surface area contributed by atoms with E-state index < -0.39 is 5.60 Å². The van der Waals surface area contributed by atoms with Crippen molar-refractivity contribution in [2.45, 2.75) is 132 Å². The zero-order valence-corrected chi connectivity index (χ0v) is 23.1. The van der Waals surface area contributed by atoms with Gasteiger partial charge in [-0.25, -0.2) is 0 Å². The summed E-state index contributed by atoms with van der Waals surface area (Å²) in [5.41, 5.74) is 5.01. The summed E-state index contributed by atoms with van der Waals surface area (Å²) in [5.74, 6) is 1.49. The lowest BCUT2D eigenvalue weighted by Crippen LogP contribution is -2.59. The van der Waals surface area contributed by atoms with E-state index in [1.54, 1.807) is 11.1 Å². The molecule has 2 N–H and O–H groups in total. The summed E-state index contributed by atoms with van der Waals surface area (Å²) in [6.45, 7) is 21.0. The van der Waals surface area contributed by atoms with E-state index in [9.17, 15) is 10.2 Å². The summed E-state index contributed by atoms with van der Waals surface area (Å²) in [5, 5.41) is 22.3. The predicted octanol–water partition coefficient (Wildman–Crippen LogP) is 7.84. The van der Waals surface area contributed by atoms with Crippen molar-refractivity contribution in [3.63, 3.8) is 0 Å². The summed E-state index contributed by atoms with van der Waals surface area (Å²) >= 11 is 0. The molecule has 0 radical (unpaired) electrons. The smallest absolute Gasteiger partial charge is 0.0673 e. The molecule has 0 aliphatic heterocycles. The highest BCUT2D eigenvalue weighted by Crippen LogP contribution is 2.73. The predicted molar refractivity (Wildman–Crippen MR) is 139 cm³/mol. The molecule has 2 heteroatoms. The molecule has 0 amide bonds. The number of aliphatic hydroxyl groups is 2. The molecule has 0 saturated heterocycles. The molecule has 0 aromatic rings. The first kappa shape index (κ1) is 25.5. The van der Waals surface area contributed by atoms with Gasteiger partial charge in [0.15, 0.2) is 0 Å². The lowest BCUT2D eigenvalue weighted by atomic mass is 9.41. The van der Waals surface area contributed by atoms with Gasteiger partial charge in [-0.15, -0.1) is 0 Å². The first-order valence-corrected chi connectivity index (χ1v) is 13.9. The molecule has 2 saturated carbocycles. The van der Waals surface area contributed by atoms with Crippen LogP contribution in [0, 0.1) is 39.4 Å². The van der Waals surface area contributed by atoms with Crippen molar-refractivity contribution in [1.82, 2.24) is 0 Å².